The van der Waals surface area contributed by atoms with Crippen LogP contribution in [0.5, 0.6) is 5.75 Å². The molecule has 0 spiro atoms. The molecule has 0 unspecified atom stereocenters. The van der Waals surface area contributed by atoms with Gasteiger partial charge in [0.1, 0.15) is 5.75 Å². The monoisotopic (exact) mass is 498 g/mol. The highest BCUT2D eigenvalue weighted by Crippen LogP contribution is 2.48. The van der Waals surface area contributed by atoms with Gasteiger partial charge in [-0.3, -0.25) is 9.79 Å². The van der Waals surface area contributed by atoms with E-state index in [1.165, 1.54) is 0 Å². The van der Waals surface area contributed by atoms with Crippen molar-refractivity contribution in [3.63, 3.8) is 0 Å². The Morgan fingerprint density at radius 2 is 1.26 bits per heavy atom. The second-order valence-electron chi connectivity index (χ2n) is 9.28. The summed E-state index contributed by atoms with van der Waals surface area (Å²) in [5, 5.41) is 0. The second kappa shape index (κ2) is 11.5. The average molecular weight is 499 g/mol. The highest BCUT2D eigenvalue weighted by molar-refractivity contribution is 7.46. The smallest absolute Gasteiger partial charge is 0.404 e. The molecule has 0 bridgehead atoms. The summed E-state index contributed by atoms with van der Waals surface area (Å²) in [6.45, 7) is 9.44. The van der Waals surface area contributed by atoms with Gasteiger partial charge in [-0.05, 0) is 56.8 Å². The summed E-state index contributed by atoms with van der Waals surface area (Å²) in [4.78, 5) is 19.4. The third-order valence-corrected chi connectivity index (χ3v) is 6.34. The zero-order chi connectivity index (χ0) is 25.8. The van der Waals surface area contributed by atoms with E-state index in [0.29, 0.717) is 18.8 Å². The van der Waals surface area contributed by atoms with Crippen molar-refractivity contribution in [2.24, 2.45) is 0 Å². The van der Waals surface area contributed by atoms with Gasteiger partial charge in [0.05, 0.1) is 13.2 Å². The van der Waals surface area contributed by atoms with E-state index in [2.05, 4.69) is 45.9 Å². The molecule has 3 aromatic carbocycles. The maximum atomic E-state index is 11.9. The Morgan fingerprint density at radius 1 is 0.743 bits per heavy atom. The summed E-state index contributed by atoms with van der Waals surface area (Å²) in [6, 6.07) is 17.6. The van der Waals surface area contributed by atoms with Crippen LogP contribution in [0.2, 0.25) is 0 Å². The Morgan fingerprint density at radius 3 is 1.74 bits per heavy atom. The molecule has 2 N–H and O–H groups in total. The van der Waals surface area contributed by atoms with Crippen molar-refractivity contribution < 1.29 is 28.3 Å². The number of methoxy groups -OCH3 is 2. The molecular weight excluding hydrogens is 463 g/mol. The molecule has 0 radical (unpaired) electrons. The van der Waals surface area contributed by atoms with Crippen molar-refractivity contribution in [1.82, 2.24) is 0 Å². The van der Waals surface area contributed by atoms with Crippen molar-refractivity contribution in [3.8, 4) is 28.0 Å². The van der Waals surface area contributed by atoms with Crippen LogP contribution >= 0.6 is 7.82 Å². The standard InChI is InChI=1S/C28H35O6P/c1-18(2)25-14-20(16-32-5)10-12-22(25)23-8-7-9-27(34-35(29,30)31)28(23)24-13-11-21(17-33-6)15-26(24)19(3)4/h7-15,18-19H,16-17H2,1-6H3,(H2,29,30,31). The number of ether oxygens (including phenoxy) is 2. The van der Waals surface area contributed by atoms with Gasteiger partial charge in [0.15, 0.2) is 0 Å². The first-order valence-electron chi connectivity index (χ1n) is 11.7. The van der Waals surface area contributed by atoms with Gasteiger partial charge in [0, 0.05) is 19.8 Å². The molecule has 0 saturated carbocycles. The van der Waals surface area contributed by atoms with Gasteiger partial charge >= 0.3 is 7.82 Å². The Balaban J connectivity index is 2.37. The van der Waals surface area contributed by atoms with E-state index in [9.17, 15) is 14.4 Å². The molecule has 0 atom stereocenters. The number of phosphoric ester groups is 1. The van der Waals surface area contributed by atoms with Crippen LogP contribution in [0.1, 0.15) is 61.8 Å². The summed E-state index contributed by atoms with van der Waals surface area (Å²) in [5.41, 5.74) is 7.63. The Bertz CT molecular complexity index is 1210. The topological polar surface area (TPSA) is 85.2 Å². The Kier molecular flexibility index (Phi) is 8.92. The zero-order valence-corrected chi connectivity index (χ0v) is 22.1. The SMILES string of the molecule is COCc1ccc(-c2cccc(OP(=O)(O)O)c2-c2ccc(COC)cc2C(C)C)c(C(C)C)c1. The molecule has 0 heterocycles. The van der Waals surface area contributed by atoms with Crippen molar-refractivity contribution in [2.45, 2.75) is 52.7 Å². The highest BCUT2D eigenvalue weighted by Gasteiger charge is 2.25. The van der Waals surface area contributed by atoms with Crippen molar-refractivity contribution >= 4 is 7.82 Å². The lowest BCUT2D eigenvalue weighted by atomic mass is 9.83. The van der Waals surface area contributed by atoms with E-state index in [1.807, 2.05) is 24.3 Å². The number of hydrogen-bond donors (Lipinski definition) is 2. The average Bonchev–Trinajstić information content (AvgIpc) is 2.78. The van der Waals surface area contributed by atoms with Crippen LogP contribution < -0.4 is 4.52 Å². The van der Waals surface area contributed by atoms with Crippen molar-refractivity contribution in [3.05, 3.63) is 76.9 Å². The van der Waals surface area contributed by atoms with E-state index in [0.717, 1.165) is 38.9 Å². The summed E-state index contributed by atoms with van der Waals surface area (Å²) in [5.74, 6) is 0.522. The summed E-state index contributed by atoms with van der Waals surface area (Å²) >= 11 is 0. The number of hydrogen-bond acceptors (Lipinski definition) is 4. The van der Waals surface area contributed by atoms with Gasteiger partial charge in [0.25, 0.3) is 0 Å². The van der Waals surface area contributed by atoms with E-state index < -0.39 is 7.82 Å². The summed E-state index contributed by atoms with van der Waals surface area (Å²) < 4.78 is 27.8. The molecule has 0 aliphatic carbocycles. The maximum Gasteiger partial charge on any atom is 0.524 e. The van der Waals surface area contributed by atoms with Gasteiger partial charge in [-0.15, -0.1) is 0 Å². The van der Waals surface area contributed by atoms with Gasteiger partial charge < -0.3 is 14.0 Å². The molecule has 7 heteroatoms. The van der Waals surface area contributed by atoms with Crippen LogP contribution in [0.15, 0.2) is 54.6 Å². The Labute approximate surface area is 208 Å². The van der Waals surface area contributed by atoms with Gasteiger partial charge in [-0.2, -0.15) is 0 Å². The van der Waals surface area contributed by atoms with Crippen LogP contribution in [0.25, 0.3) is 22.3 Å². The number of rotatable bonds is 10. The van der Waals surface area contributed by atoms with Crippen LogP contribution in [-0.4, -0.2) is 24.0 Å². The minimum atomic E-state index is -4.79. The Hall–Kier alpha value is -2.47. The third-order valence-electron chi connectivity index (χ3n) is 5.90. The fourth-order valence-corrected chi connectivity index (χ4v) is 4.81. The largest absolute Gasteiger partial charge is 0.524 e. The van der Waals surface area contributed by atoms with Gasteiger partial charge in [-0.25, -0.2) is 4.57 Å². The predicted octanol–water partition coefficient (Wildman–Crippen LogP) is 7.03. The summed E-state index contributed by atoms with van der Waals surface area (Å²) in [7, 11) is -1.46. The van der Waals surface area contributed by atoms with Crippen LogP contribution in [0.4, 0.5) is 0 Å². The molecule has 0 saturated heterocycles. The first-order valence-corrected chi connectivity index (χ1v) is 13.2. The minimum absolute atomic E-state index is 0.146. The zero-order valence-electron chi connectivity index (χ0n) is 21.2. The first kappa shape index (κ1) is 27.1. The van der Waals surface area contributed by atoms with Gasteiger partial charge in [-0.1, -0.05) is 76.2 Å². The fraction of sp³-hybridized carbons (Fsp3) is 0.357. The van der Waals surface area contributed by atoms with Crippen molar-refractivity contribution in [1.29, 1.82) is 0 Å². The lowest BCUT2D eigenvalue weighted by molar-refractivity contribution is 0.185. The molecular formula is C28H35O6P. The van der Waals surface area contributed by atoms with Crippen LogP contribution in [-0.2, 0) is 27.3 Å². The normalized spacial score (nSPS) is 11.9. The molecule has 0 aliphatic heterocycles. The molecule has 0 aromatic heterocycles. The summed E-state index contributed by atoms with van der Waals surface area (Å²) in [6.07, 6.45) is 0. The third kappa shape index (κ3) is 6.60. The molecule has 0 aliphatic rings. The first-order chi connectivity index (χ1) is 16.6. The lowest BCUT2D eigenvalue weighted by Crippen LogP contribution is -2.02. The molecule has 188 valence electrons. The predicted molar refractivity (Wildman–Crippen MR) is 140 cm³/mol. The maximum absolute atomic E-state index is 11.9. The second-order valence-corrected chi connectivity index (χ2v) is 10.4. The number of benzene rings is 3. The van der Waals surface area contributed by atoms with E-state index in [1.54, 1.807) is 26.4 Å². The van der Waals surface area contributed by atoms with Crippen molar-refractivity contribution in [2.75, 3.05) is 14.2 Å². The quantitative estimate of drug-likeness (QED) is 0.292. The molecule has 35 heavy (non-hydrogen) atoms. The van der Waals surface area contributed by atoms with E-state index in [4.69, 9.17) is 14.0 Å². The molecule has 6 nitrogen and oxygen atoms in total. The van der Waals surface area contributed by atoms with Gasteiger partial charge in [0.2, 0.25) is 0 Å². The van der Waals surface area contributed by atoms with Crippen LogP contribution in [0.3, 0.4) is 0 Å². The van der Waals surface area contributed by atoms with E-state index in [-0.39, 0.29) is 17.6 Å². The molecule has 3 rings (SSSR count). The minimum Gasteiger partial charge on any atom is -0.404 e. The molecule has 3 aromatic rings. The van der Waals surface area contributed by atoms with E-state index >= 15 is 0 Å². The van der Waals surface area contributed by atoms with Crippen LogP contribution in [0, 0.1) is 0 Å². The molecule has 0 fully saturated rings. The highest BCUT2D eigenvalue weighted by atomic mass is 31.2. The fourth-order valence-electron chi connectivity index (χ4n) is 4.40. The number of phosphoric acid groups is 1. The molecule has 0 amide bonds. The lowest BCUT2D eigenvalue weighted by Gasteiger charge is -2.23.